The maximum absolute atomic E-state index is 11.6. The fourth-order valence-electron chi connectivity index (χ4n) is 2.49. The van der Waals surface area contributed by atoms with Crippen LogP contribution in [0, 0.1) is 0 Å². The Hall–Kier alpha value is -1.81. The molecule has 3 rings (SSSR count). The van der Waals surface area contributed by atoms with Crippen LogP contribution in [-0.2, 0) is 17.8 Å². The minimum absolute atomic E-state index is 0.192. The van der Waals surface area contributed by atoms with Crippen molar-refractivity contribution in [1.29, 1.82) is 0 Å². The maximum atomic E-state index is 11.6. The number of anilines is 1. The highest BCUT2D eigenvalue weighted by Gasteiger charge is 2.17. The van der Waals surface area contributed by atoms with Crippen molar-refractivity contribution < 1.29 is 4.79 Å². The van der Waals surface area contributed by atoms with E-state index in [0.717, 1.165) is 42.2 Å². The molecule has 5 heteroatoms. The molecule has 20 heavy (non-hydrogen) atoms. The molecule has 2 aromatic rings. The van der Waals surface area contributed by atoms with Crippen molar-refractivity contribution in [3.8, 4) is 11.3 Å². The summed E-state index contributed by atoms with van der Waals surface area (Å²) in [7, 11) is 0. The number of nitrogens with one attached hydrogen (secondary N) is 1. The first kappa shape index (κ1) is 13.2. The topological polar surface area (TPSA) is 46.9 Å². The lowest BCUT2D eigenvalue weighted by Gasteiger charge is -2.09. The van der Waals surface area contributed by atoms with Gasteiger partial charge in [0.2, 0.25) is 5.91 Å². The summed E-state index contributed by atoms with van der Waals surface area (Å²) in [4.78, 5) is 16.1. The Kier molecular flexibility index (Phi) is 3.49. The van der Waals surface area contributed by atoms with E-state index in [-0.39, 0.29) is 5.91 Å². The fraction of sp³-hybridized carbons (Fsp3) is 0.333. The molecule has 104 valence electrons. The van der Waals surface area contributed by atoms with Crippen LogP contribution >= 0.6 is 11.6 Å². The van der Waals surface area contributed by atoms with E-state index in [1.165, 1.54) is 0 Å². The average molecular weight is 290 g/mol. The zero-order valence-electron chi connectivity index (χ0n) is 11.3. The van der Waals surface area contributed by atoms with Crippen molar-refractivity contribution in [1.82, 2.24) is 9.55 Å². The number of nitrogens with zero attached hydrogens (tertiary/aromatic N) is 2. The molecule has 1 atom stereocenters. The second kappa shape index (κ2) is 5.29. The Morgan fingerprint density at radius 2 is 2.35 bits per heavy atom. The molecule has 0 bridgehead atoms. The van der Waals surface area contributed by atoms with Crippen molar-refractivity contribution in [2.24, 2.45) is 0 Å². The highest BCUT2D eigenvalue weighted by molar-refractivity contribution is 6.32. The van der Waals surface area contributed by atoms with Gasteiger partial charge in [0.05, 0.1) is 11.9 Å². The number of benzene rings is 1. The Morgan fingerprint density at radius 1 is 1.50 bits per heavy atom. The van der Waals surface area contributed by atoms with Crippen molar-refractivity contribution in [3.63, 3.8) is 0 Å². The minimum Gasteiger partial charge on any atom is -0.328 e. The molecule has 2 heterocycles. The van der Waals surface area contributed by atoms with Crippen LogP contribution in [0.4, 0.5) is 5.69 Å². The SMILES string of the molecule is CC(Cl)C(=O)Nc1cccc(-c2cnc3n2CCC3)c1. The van der Waals surface area contributed by atoms with Crippen LogP contribution in [0.5, 0.6) is 0 Å². The molecule has 0 saturated carbocycles. The number of fused-ring (bicyclic) bond motifs is 1. The fourth-order valence-corrected chi connectivity index (χ4v) is 2.54. The number of hydrogen-bond acceptors (Lipinski definition) is 2. The van der Waals surface area contributed by atoms with E-state index in [4.69, 9.17) is 11.6 Å². The lowest BCUT2D eigenvalue weighted by Crippen LogP contribution is -2.20. The van der Waals surface area contributed by atoms with Gasteiger partial charge in [0.1, 0.15) is 11.2 Å². The van der Waals surface area contributed by atoms with Gasteiger partial charge in [0, 0.05) is 24.2 Å². The van der Waals surface area contributed by atoms with Gasteiger partial charge in [-0.3, -0.25) is 4.79 Å². The van der Waals surface area contributed by atoms with Crippen LogP contribution in [0.2, 0.25) is 0 Å². The molecular formula is C15H16ClN3O. The summed E-state index contributed by atoms with van der Waals surface area (Å²) in [6, 6.07) is 7.78. The van der Waals surface area contributed by atoms with E-state index in [2.05, 4.69) is 14.9 Å². The third-order valence-corrected chi connectivity index (χ3v) is 3.71. The van der Waals surface area contributed by atoms with Crippen LogP contribution in [0.25, 0.3) is 11.3 Å². The van der Waals surface area contributed by atoms with Gasteiger partial charge in [-0.15, -0.1) is 11.6 Å². The van der Waals surface area contributed by atoms with E-state index in [9.17, 15) is 4.79 Å². The number of aromatic nitrogens is 2. The zero-order valence-corrected chi connectivity index (χ0v) is 12.0. The summed E-state index contributed by atoms with van der Waals surface area (Å²) in [6.07, 6.45) is 4.09. The molecular weight excluding hydrogens is 274 g/mol. The summed E-state index contributed by atoms with van der Waals surface area (Å²) in [5.74, 6) is 0.950. The number of amides is 1. The lowest BCUT2D eigenvalue weighted by atomic mass is 10.1. The summed E-state index contributed by atoms with van der Waals surface area (Å²) < 4.78 is 2.24. The van der Waals surface area contributed by atoms with E-state index in [1.807, 2.05) is 30.5 Å². The summed E-state index contributed by atoms with van der Waals surface area (Å²) >= 11 is 5.77. The summed E-state index contributed by atoms with van der Waals surface area (Å²) in [6.45, 7) is 2.67. The van der Waals surface area contributed by atoms with Gasteiger partial charge < -0.3 is 9.88 Å². The second-order valence-electron chi connectivity index (χ2n) is 5.00. The first-order valence-corrected chi connectivity index (χ1v) is 7.18. The summed E-state index contributed by atoms with van der Waals surface area (Å²) in [5, 5.41) is 2.27. The van der Waals surface area contributed by atoms with Gasteiger partial charge in [-0.25, -0.2) is 4.98 Å². The smallest absolute Gasteiger partial charge is 0.242 e. The van der Waals surface area contributed by atoms with Crippen molar-refractivity contribution in [3.05, 3.63) is 36.3 Å². The quantitative estimate of drug-likeness (QED) is 0.883. The first-order chi connectivity index (χ1) is 9.65. The van der Waals surface area contributed by atoms with E-state index in [1.54, 1.807) is 6.92 Å². The minimum atomic E-state index is -0.544. The molecule has 1 unspecified atom stereocenters. The Labute approximate surface area is 122 Å². The van der Waals surface area contributed by atoms with E-state index in [0.29, 0.717) is 0 Å². The van der Waals surface area contributed by atoms with Crippen LogP contribution in [-0.4, -0.2) is 20.8 Å². The van der Waals surface area contributed by atoms with Crippen molar-refractivity contribution in [2.75, 3.05) is 5.32 Å². The highest BCUT2D eigenvalue weighted by Crippen LogP contribution is 2.27. The molecule has 0 radical (unpaired) electrons. The Balaban J connectivity index is 1.89. The number of hydrogen-bond donors (Lipinski definition) is 1. The predicted octanol–water partition coefficient (Wildman–Crippen LogP) is 3.06. The van der Waals surface area contributed by atoms with E-state index < -0.39 is 5.38 Å². The third-order valence-electron chi connectivity index (χ3n) is 3.51. The van der Waals surface area contributed by atoms with Crippen LogP contribution in [0.1, 0.15) is 19.2 Å². The first-order valence-electron chi connectivity index (χ1n) is 6.75. The monoisotopic (exact) mass is 289 g/mol. The Morgan fingerprint density at radius 3 is 3.15 bits per heavy atom. The molecule has 4 nitrogen and oxygen atoms in total. The molecule has 0 aliphatic carbocycles. The molecule has 0 spiro atoms. The normalized spacial score (nSPS) is 14.9. The standard InChI is InChI=1S/C15H16ClN3O/c1-10(16)15(20)18-12-5-2-4-11(8-12)13-9-17-14-6-3-7-19(13)14/h2,4-5,8-10H,3,6-7H2,1H3,(H,18,20). The van der Waals surface area contributed by atoms with Gasteiger partial charge in [-0.05, 0) is 25.5 Å². The number of aryl methyl sites for hydroxylation is 1. The number of alkyl halides is 1. The molecule has 1 aliphatic heterocycles. The maximum Gasteiger partial charge on any atom is 0.242 e. The number of carbonyl (C=O) groups excluding carboxylic acids is 1. The zero-order chi connectivity index (χ0) is 14.1. The molecule has 1 aromatic heterocycles. The van der Waals surface area contributed by atoms with Gasteiger partial charge in [0.25, 0.3) is 0 Å². The molecule has 1 aromatic carbocycles. The third kappa shape index (κ3) is 2.43. The van der Waals surface area contributed by atoms with Crippen molar-refractivity contribution >= 4 is 23.2 Å². The van der Waals surface area contributed by atoms with Crippen molar-refractivity contribution in [2.45, 2.75) is 31.7 Å². The van der Waals surface area contributed by atoms with Gasteiger partial charge in [0.15, 0.2) is 0 Å². The van der Waals surface area contributed by atoms with Gasteiger partial charge in [-0.2, -0.15) is 0 Å². The van der Waals surface area contributed by atoms with Crippen LogP contribution < -0.4 is 5.32 Å². The van der Waals surface area contributed by atoms with Crippen LogP contribution in [0.3, 0.4) is 0 Å². The molecule has 1 N–H and O–H groups in total. The van der Waals surface area contributed by atoms with Gasteiger partial charge >= 0.3 is 0 Å². The number of imidazole rings is 1. The van der Waals surface area contributed by atoms with Gasteiger partial charge in [-0.1, -0.05) is 12.1 Å². The second-order valence-corrected chi connectivity index (χ2v) is 5.66. The van der Waals surface area contributed by atoms with Crippen LogP contribution in [0.15, 0.2) is 30.5 Å². The number of carbonyl (C=O) groups is 1. The number of halogens is 1. The highest BCUT2D eigenvalue weighted by atomic mass is 35.5. The summed E-state index contributed by atoms with van der Waals surface area (Å²) in [5.41, 5.74) is 2.92. The predicted molar refractivity (Wildman–Crippen MR) is 79.9 cm³/mol. The number of rotatable bonds is 3. The molecule has 1 amide bonds. The lowest BCUT2D eigenvalue weighted by molar-refractivity contribution is -0.115. The molecule has 1 aliphatic rings. The molecule has 0 saturated heterocycles. The Bertz CT molecular complexity index is 648. The largest absolute Gasteiger partial charge is 0.328 e. The average Bonchev–Trinajstić information content (AvgIpc) is 3.01. The molecule has 0 fully saturated rings. The van der Waals surface area contributed by atoms with E-state index >= 15 is 0 Å².